The van der Waals surface area contributed by atoms with E-state index in [1.165, 1.54) is 0 Å². The molecule has 7 aliphatic rings. The molecular weight excluding hydrogens is 458 g/mol. The number of likely N-dealkylation sites (tertiary alicyclic amines) is 1. The van der Waals surface area contributed by atoms with Gasteiger partial charge >= 0.3 is 11.9 Å². The van der Waals surface area contributed by atoms with E-state index in [-0.39, 0.29) is 58.8 Å². The SMILES string of the molecule is CCN1C[C@]2(C)CC[C@H](OC)[C@]34[C@@H]5C[C@@H]6CC[C@](O)([C@H]([C@@H](OC(=O)c7ccccc7)[C@H]23)[C@@H]14)[C@H]5C(=O)O6. The number of carbonyl (C=O) groups is 2. The van der Waals surface area contributed by atoms with E-state index >= 15 is 0 Å². The van der Waals surface area contributed by atoms with E-state index < -0.39 is 17.6 Å². The highest BCUT2D eigenvalue weighted by atomic mass is 16.6. The monoisotopic (exact) mass is 495 g/mol. The number of rotatable bonds is 4. The average Bonchev–Trinajstić information content (AvgIpc) is 2.92. The van der Waals surface area contributed by atoms with Crippen molar-refractivity contribution in [3.8, 4) is 0 Å². The number of carbonyl (C=O) groups excluding carboxylic acids is 2. The number of hydrogen-bond acceptors (Lipinski definition) is 7. The molecule has 0 aromatic heterocycles. The summed E-state index contributed by atoms with van der Waals surface area (Å²) in [5.41, 5.74) is -1.23. The molecule has 9 bridgehead atoms. The lowest BCUT2D eigenvalue weighted by Crippen LogP contribution is -2.76. The molecule has 0 radical (unpaired) electrons. The molecule has 36 heavy (non-hydrogen) atoms. The summed E-state index contributed by atoms with van der Waals surface area (Å²) in [6, 6.07) is 9.13. The van der Waals surface area contributed by atoms with Crippen LogP contribution in [0.4, 0.5) is 0 Å². The largest absolute Gasteiger partial charge is 0.462 e. The van der Waals surface area contributed by atoms with Gasteiger partial charge in [0.15, 0.2) is 0 Å². The van der Waals surface area contributed by atoms with Crippen molar-refractivity contribution in [2.75, 3.05) is 20.2 Å². The maximum Gasteiger partial charge on any atom is 0.338 e. The van der Waals surface area contributed by atoms with Gasteiger partial charge in [-0.1, -0.05) is 32.0 Å². The van der Waals surface area contributed by atoms with E-state index in [1.807, 2.05) is 18.2 Å². The molecule has 1 spiro atoms. The van der Waals surface area contributed by atoms with Gasteiger partial charge in [0.25, 0.3) is 0 Å². The predicted molar refractivity (Wildman–Crippen MR) is 130 cm³/mol. The van der Waals surface area contributed by atoms with E-state index in [9.17, 15) is 14.7 Å². The van der Waals surface area contributed by atoms with Crippen molar-refractivity contribution in [3.63, 3.8) is 0 Å². The maximum absolute atomic E-state index is 13.5. The number of benzene rings is 1. The fraction of sp³-hybridized carbons (Fsp3) is 0.724. The Kier molecular flexibility index (Phi) is 4.86. The number of piperidine rings is 1. The Hall–Kier alpha value is -1.96. The molecule has 7 fully saturated rings. The van der Waals surface area contributed by atoms with Crippen LogP contribution in [0.2, 0.25) is 0 Å². The van der Waals surface area contributed by atoms with Gasteiger partial charge in [-0.15, -0.1) is 0 Å². The van der Waals surface area contributed by atoms with Gasteiger partial charge < -0.3 is 19.3 Å². The first kappa shape index (κ1) is 23.2. The minimum atomic E-state index is -1.27. The number of nitrogens with zero attached hydrogens (tertiary/aromatic N) is 1. The molecule has 3 heterocycles. The van der Waals surface area contributed by atoms with Gasteiger partial charge in [-0.2, -0.15) is 0 Å². The van der Waals surface area contributed by atoms with E-state index in [0.717, 1.165) is 32.4 Å². The molecule has 11 atom stereocenters. The first-order valence-corrected chi connectivity index (χ1v) is 13.8. The van der Waals surface area contributed by atoms with Crippen LogP contribution < -0.4 is 0 Å². The van der Waals surface area contributed by atoms with Crippen molar-refractivity contribution >= 4 is 11.9 Å². The highest BCUT2D eigenvalue weighted by Gasteiger charge is 2.85. The van der Waals surface area contributed by atoms with E-state index in [1.54, 1.807) is 19.2 Å². The van der Waals surface area contributed by atoms with Crippen molar-refractivity contribution in [1.82, 2.24) is 4.90 Å². The first-order chi connectivity index (χ1) is 17.3. The molecule has 0 amide bonds. The molecule has 7 heteroatoms. The lowest BCUT2D eigenvalue weighted by molar-refractivity contribution is -0.269. The summed E-state index contributed by atoms with van der Waals surface area (Å²) in [5.74, 6) is -1.62. The third-order valence-electron chi connectivity index (χ3n) is 11.3. The number of ether oxygens (including phenoxy) is 3. The molecule has 194 valence electrons. The quantitative estimate of drug-likeness (QED) is 0.643. The van der Waals surface area contributed by atoms with Crippen LogP contribution in [0.5, 0.6) is 0 Å². The summed E-state index contributed by atoms with van der Waals surface area (Å²) in [4.78, 5) is 29.6. The van der Waals surface area contributed by atoms with Gasteiger partial charge in [0.05, 0.1) is 23.2 Å². The third-order valence-corrected chi connectivity index (χ3v) is 11.3. The highest BCUT2D eigenvalue weighted by Crippen LogP contribution is 2.77. The summed E-state index contributed by atoms with van der Waals surface area (Å²) in [5, 5.41) is 12.6. The van der Waals surface area contributed by atoms with Gasteiger partial charge in [0, 0.05) is 36.9 Å². The number of fused-ring (bicyclic) bond motifs is 2. The number of hydrogen-bond donors (Lipinski definition) is 1. The average molecular weight is 496 g/mol. The number of aliphatic hydroxyl groups is 1. The van der Waals surface area contributed by atoms with Gasteiger partial charge in [-0.05, 0) is 62.1 Å². The second-order valence-corrected chi connectivity index (χ2v) is 12.6. The van der Waals surface area contributed by atoms with Crippen LogP contribution in [-0.2, 0) is 19.0 Å². The zero-order valence-electron chi connectivity index (χ0n) is 21.4. The fourth-order valence-electron chi connectivity index (χ4n) is 10.5. The Bertz CT molecular complexity index is 1090. The molecule has 3 aliphatic heterocycles. The Balaban J connectivity index is 1.46. The predicted octanol–water partition coefficient (Wildman–Crippen LogP) is 3.05. The normalized spacial score (nSPS) is 50.4. The lowest BCUT2D eigenvalue weighted by Gasteiger charge is -2.69. The van der Waals surface area contributed by atoms with Crippen molar-refractivity contribution in [2.45, 2.75) is 75.9 Å². The smallest absolute Gasteiger partial charge is 0.338 e. The zero-order chi connectivity index (χ0) is 25.0. The summed E-state index contributed by atoms with van der Waals surface area (Å²) in [6.07, 6.45) is 3.10. The third kappa shape index (κ3) is 2.60. The molecule has 8 rings (SSSR count). The summed E-state index contributed by atoms with van der Waals surface area (Å²) < 4.78 is 18.7. The molecule has 4 aliphatic carbocycles. The summed E-state index contributed by atoms with van der Waals surface area (Å²) in [6.45, 7) is 6.29. The van der Waals surface area contributed by atoms with Crippen LogP contribution in [-0.4, -0.2) is 72.1 Å². The van der Waals surface area contributed by atoms with Crippen molar-refractivity contribution in [3.05, 3.63) is 35.9 Å². The lowest BCUT2D eigenvalue weighted by atomic mass is 9.42. The van der Waals surface area contributed by atoms with Crippen molar-refractivity contribution in [2.24, 2.45) is 34.5 Å². The molecule has 1 aromatic carbocycles. The maximum atomic E-state index is 13.5. The van der Waals surface area contributed by atoms with Crippen LogP contribution in [0.1, 0.15) is 56.3 Å². The number of methoxy groups -OCH3 is 1. The summed E-state index contributed by atoms with van der Waals surface area (Å²) in [7, 11) is 1.79. The van der Waals surface area contributed by atoms with Crippen molar-refractivity contribution < 1.29 is 28.9 Å². The van der Waals surface area contributed by atoms with Gasteiger partial charge in [-0.3, -0.25) is 9.69 Å². The fourth-order valence-corrected chi connectivity index (χ4v) is 10.5. The van der Waals surface area contributed by atoms with Crippen LogP contribution in [0.15, 0.2) is 30.3 Å². The first-order valence-electron chi connectivity index (χ1n) is 13.8. The molecule has 0 unspecified atom stereocenters. The topological polar surface area (TPSA) is 85.3 Å². The van der Waals surface area contributed by atoms with Crippen LogP contribution in [0.25, 0.3) is 0 Å². The summed E-state index contributed by atoms with van der Waals surface area (Å²) >= 11 is 0. The van der Waals surface area contributed by atoms with Crippen LogP contribution in [0, 0.1) is 34.5 Å². The molecule has 1 N–H and O–H groups in total. The van der Waals surface area contributed by atoms with E-state index in [2.05, 4.69) is 18.7 Å². The molecule has 4 saturated carbocycles. The van der Waals surface area contributed by atoms with E-state index in [4.69, 9.17) is 14.2 Å². The minimum Gasteiger partial charge on any atom is -0.462 e. The zero-order valence-corrected chi connectivity index (χ0v) is 21.4. The standard InChI is InChI=1S/C29H37NO6/c1-4-30-15-27(2)12-11-19(34-3)29-18-14-17-10-13-28(33,20(18)26(32)35-17)21(24(29)30)22(23(27)29)36-25(31)16-8-6-5-7-9-16/h5-9,17-24,33H,4,10-15H2,1-3H3/t17-,18+,19-,20+,21+,22+,23+,24+,27-,28+,29+/m0/s1. The van der Waals surface area contributed by atoms with Crippen LogP contribution >= 0.6 is 0 Å². The molecule has 7 nitrogen and oxygen atoms in total. The van der Waals surface area contributed by atoms with Crippen LogP contribution in [0.3, 0.4) is 0 Å². The highest BCUT2D eigenvalue weighted by molar-refractivity contribution is 5.89. The van der Waals surface area contributed by atoms with Gasteiger partial charge in [-0.25, -0.2) is 4.79 Å². The molecule has 3 saturated heterocycles. The van der Waals surface area contributed by atoms with Gasteiger partial charge in [0.2, 0.25) is 0 Å². The minimum absolute atomic E-state index is 0.00435. The second kappa shape index (κ2) is 7.55. The van der Waals surface area contributed by atoms with Crippen molar-refractivity contribution in [1.29, 1.82) is 0 Å². The molecular formula is C29H37NO6. The molecule has 1 aromatic rings. The Morgan fingerprint density at radius 3 is 2.72 bits per heavy atom. The Morgan fingerprint density at radius 2 is 2.00 bits per heavy atom. The Labute approximate surface area is 212 Å². The van der Waals surface area contributed by atoms with Gasteiger partial charge in [0.1, 0.15) is 12.2 Å². The second-order valence-electron chi connectivity index (χ2n) is 12.6. The Morgan fingerprint density at radius 1 is 1.22 bits per heavy atom. The van der Waals surface area contributed by atoms with E-state index in [0.29, 0.717) is 18.4 Å². The number of esters is 2.